The third-order valence-corrected chi connectivity index (χ3v) is 2.86. The van der Waals surface area contributed by atoms with E-state index in [-0.39, 0.29) is 11.3 Å². The molecule has 1 aromatic carbocycles. The van der Waals surface area contributed by atoms with Crippen molar-refractivity contribution in [2.45, 2.75) is 18.3 Å². The van der Waals surface area contributed by atoms with Crippen molar-refractivity contribution in [1.82, 2.24) is 0 Å². The number of hydrogen-bond donors (Lipinski definition) is 2. The molecular formula is C13H13F3N2O. The van der Waals surface area contributed by atoms with Crippen LogP contribution in [0.25, 0.3) is 0 Å². The van der Waals surface area contributed by atoms with Gasteiger partial charge in [-0.3, -0.25) is 0 Å². The van der Waals surface area contributed by atoms with Crippen LogP contribution >= 0.6 is 0 Å². The number of halogens is 3. The molecule has 1 atom stereocenters. The lowest BCUT2D eigenvalue weighted by Gasteiger charge is -2.29. The highest BCUT2D eigenvalue weighted by molar-refractivity contribution is 5.45. The van der Waals surface area contributed by atoms with Crippen LogP contribution in [0.15, 0.2) is 48.2 Å². The zero-order valence-corrected chi connectivity index (χ0v) is 9.95. The minimum absolute atomic E-state index is 0.271. The summed E-state index contributed by atoms with van der Waals surface area (Å²) in [6, 6.07) is 5.83. The van der Waals surface area contributed by atoms with E-state index in [0.29, 0.717) is 12.1 Å². The molecule has 2 rings (SSSR count). The van der Waals surface area contributed by atoms with Gasteiger partial charge in [-0.15, -0.1) is 13.2 Å². The lowest BCUT2D eigenvalue weighted by Crippen LogP contribution is -2.36. The van der Waals surface area contributed by atoms with Gasteiger partial charge in [0, 0.05) is 11.3 Å². The highest BCUT2D eigenvalue weighted by Crippen LogP contribution is 2.36. The Labute approximate surface area is 108 Å². The number of rotatable bonds is 2. The number of nitrogens with two attached hydrogens (primary N) is 2. The molecule has 1 aliphatic carbocycles. The average Bonchev–Trinajstić information content (AvgIpc) is 2.32. The first-order valence-corrected chi connectivity index (χ1v) is 5.59. The number of benzene rings is 1. The minimum Gasteiger partial charge on any atom is -0.405 e. The SMILES string of the molecule is NC1=CCC(N)(c2ccccc2OC(F)(F)F)C=C1. The van der Waals surface area contributed by atoms with E-state index in [0.717, 1.165) is 0 Å². The molecule has 102 valence electrons. The molecule has 0 spiro atoms. The second kappa shape index (κ2) is 4.62. The van der Waals surface area contributed by atoms with Crippen LogP contribution in [0.1, 0.15) is 12.0 Å². The molecule has 0 fully saturated rings. The van der Waals surface area contributed by atoms with Gasteiger partial charge in [-0.1, -0.05) is 30.4 Å². The Morgan fingerprint density at radius 2 is 1.89 bits per heavy atom. The van der Waals surface area contributed by atoms with Gasteiger partial charge in [0.1, 0.15) is 5.75 Å². The van der Waals surface area contributed by atoms with Gasteiger partial charge >= 0.3 is 6.36 Å². The van der Waals surface area contributed by atoms with Crippen LogP contribution in [0.5, 0.6) is 5.75 Å². The van der Waals surface area contributed by atoms with Crippen molar-refractivity contribution in [3.05, 3.63) is 53.8 Å². The molecule has 0 heterocycles. The van der Waals surface area contributed by atoms with Crippen molar-refractivity contribution in [1.29, 1.82) is 0 Å². The highest BCUT2D eigenvalue weighted by Gasteiger charge is 2.35. The predicted molar refractivity (Wildman–Crippen MR) is 65.0 cm³/mol. The molecule has 0 aliphatic heterocycles. The van der Waals surface area contributed by atoms with Crippen LogP contribution in [0.4, 0.5) is 13.2 Å². The quantitative estimate of drug-likeness (QED) is 0.868. The van der Waals surface area contributed by atoms with Crippen LogP contribution in [-0.2, 0) is 5.54 Å². The fraction of sp³-hybridized carbons (Fsp3) is 0.231. The Kier molecular flexibility index (Phi) is 3.28. The maximum absolute atomic E-state index is 12.4. The van der Waals surface area contributed by atoms with Gasteiger partial charge < -0.3 is 16.2 Å². The molecule has 1 unspecified atom stereocenters. The van der Waals surface area contributed by atoms with Crippen molar-refractivity contribution >= 4 is 0 Å². The molecule has 4 N–H and O–H groups in total. The van der Waals surface area contributed by atoms with Gasteiger partial charge in [0.25, 0.3) is 0 Å². The summed E-state index contributed by atoms with van der Waals surface area (Å²) in [4.78, 5) is 0. The Bertz CT molecular complexity index is 537. The third-order valence-electron chi connectivity index (χ3n) is 2.86. The van der Waals surface area contributed by atoms with E-state index >= 15 is 0 Å². The molecular weight excluding hydrogens is 257 g/mol. The topological polar surface area (TPSA) is 61.3 Å². The summed E-state index contributed by atoms with van der Waals surface area (Å²) < 4.78 is 41.1. The third kappa shape index (κ3) is 3.08. The van der Waals surface area contributed by atoms with Crippen LogP contribution in [-0.4, -0.2) is 6.36 Å². The van der Waals surface area contributed by atoms with E-state index in [4.69, 9.17) is 11.5 Å². The number of ether oxygens (including phenoxy) is 1. The molecule has 0 saturated carbocycles. The van der Waals surface area contributed by atoms with Gasteiger partial charge in [0.2, 0.25) is 0 Å². The van der Waals surface area contributed by atoms with Crippen molar-refractivity contribution in [3.8, 4) is 5.75 Å². The normalized spacial score (nSPS) is 23.1. The standard InChI is InChI=1S/C13H13F3N2O/c14-13(15,16)19-11-4-2-1-3-10(11)12(18)7-5-9(17)6-8-12/h1-7H,8,17-18H2. The molecule has 0 amide bonds. The Morgan fingerprint density at radius 1 is 1.21 bits per heavy atom. The minimum atomic E-state index is -4.75. The summed E-state index contributed by atoms with van der Waals surface area (Å²) in [5.41, 5.74) is 11.5. The first-order valence-electron chi connectivity index (χ1n) is 5.59. The summed E-state index contributed by atoms with van der Waals surface area (Å²) in [7, 11) is 0. The maximum Gasteiger partial charge on any atom is 0.573 e. The van der Waals surface area contributed by atoms with Crippen molar-refractivity contribution in [2.75, 3.05) is 0 Å². The van der Waals surface area contributed by atoms with E-state index in [9.17, 15) is 13.2 Å². The summed E-state index contributed by atoms with van der Waals surface area (Å²) in [5, 5.41) is 0. The molecule has 1 aliphatic rings. The first kappa shape index (κ1) is 13.5. The van der Waals surface area contributed by atoms with E-state index in [1.165, 1.54) is 18.2 Å². The Hall–Kier alpha value is -1.95. The molecule has 1 aromatic rings. The van der Waals surface area contributed by atoms with Gasteiger partial charge in [0.15, 0.2) is 0 Å². The van der Waals surface area contributed by atoms with E-state index < -0.39 is 11.9 Å². The smallest absolute Gasteiger partial charge is 0.405 e. The Morgan fingerprint density at radius 3 is 2.47 bits per heavy atom. The van der Waals surface area contributed by atoms with Crippen molar-refractivity contribution < 1.29 is 17.9 Å². The highest BCUT2D eigenvalue weighted by atomic mass is 19.4. The molecule has 0 aromatic heterocycles. The van der Waals surface area contributed by atoms with E-state index in [1.807, 2.05) is 0 Å². The van der Waals surface area contributed by atoms with Crippen LogP contribution in [0.2, 0.25) is 0 Å². The van der Waals surface area contributed by atoms with Crippen LogP contribution in [0, 0.1) is 0 Å². The fourth-order valence-corrected chi connectivity index (χ4v) is 1.93. The van der Waals surface area contributed by atoms with Crippen LogP contribution < -0.4 is 16.2 Å². The second-order valence-electron chi connectivity index (χ2n) is 4.33. The molecule has 0 bridgehead atoms. The lowest BCUT2D eigenvalue weighted by atomic mass is 9.84. The first-order chi connectivity index (χ1) is 8.80. The summed E-state index contributed by atoms with van der Waals surface area (Å²) in [6.45, 7) is 0. The largest absolute Gasteiger partial charge is 0.573 e. The monoisotopic (exact) mass is 270 g/mol. The van der Waals surface area contributed by atoms with Crippen molar-refractivity contribution in [3.63, 3.8) is 0 Å². The molecule has 0 saturated heterocycles. The molecule has 6 heteroatoms. The van der Waals surface area contributed by atoms with E-state index in [2.05, 4.69) is 4.74 Å². The molecule has 0 radical (unpaired) electrons. The predicted octanol–water partition coefficient (Wildman–Crippen LogP) is 2.54. The van der Waals surface area contributed by atoms with Gasteiger partial charge in [-0.2, -0.15) is 0 Å². The number of para-hydroxylation sites is 1. The Balaban J connectivity index is 2.38. The van der Waals surface area contributed by atoms with Crippen molar-refractivity contribution in [2.24, 2.45) is 11.5 Å². The summed E-state index contributed by atoms with van der Waals surface area (Å²) in [5.74, 6) is -0.295. The number of hydrogen-bond acceptors (Lipinski definition) is 3. The summed E-state index contributed by atoms with van der Waals surface area (Å²) in [6.07, 6.45) is 0.395. The lowest BCUT2D eigenvalue weighted by molar-refractivity contribution is -0.275. The maximum atomic E-state index is 12.4. The van der Waals surface area contributed by atoms with Gasteiger partial charge in [-0.05, 0) is 18.6 Å². The fourth-order valence-electron chi connectivity index (χ4n) is 1.93. The molecule has 3 nitrogen and oxygen atoms in total. The average molecular weight is 270 g/mol. The number of alkyl halides is 3. The second-order valence-corrected chi connectivity index (χ2v) is 4.33. The number of allylic oxidation sites excluding steroid dienone is 1. The van der Waals surface area contributed by atoms with Crippen LogP contribution in [0.3, 0.4) is 0 Å². The zero-order valence-electron chi connectivity index (χ0n) is 9.95. The van der Waals surface area contributed by atoms with Gasteiger partial charge in [-0.25, -0.2) is 0 Å². The van der Waals surface area contributed by atoms with E-state index in [1.54, 1.807) is 24.3 Å². The molecule has 19 heavy (non-hydrogen) atoms. The zero-order chi connectivity index (χ0) is 14.1. The van der Waals surface area contributed by atoms with Gasteiger partial charge in [0.05, 0.1) is 5.54 Å². The summed E-state index contributed by atoms with van der Waals surface area (Å²) >= 11 is 0.